The van der Waals surface area contributed by atoms with Crippen molar-refractivity contribution in [1.29, 1.82) is 0 Å². The van der Waals surface area contributed by atoms with E-state index in [1.54, 1.807) is 0 Å². The van der Waals surface area contributed by atoms with Crippen molar-refractivity contribution in [2.75, 3.05) is 49.7 Å². The molecule has 5 N–H and O–H groups in total. The van der Waals surface area contributed by atoms with Gasteiger partial charge < -0.3 is 35.4 Å². The number of rotatable bonds is 8. The lowest BCUT2D eigenvalue weighted by Crippen LogP contribution is -2.62. The molecule has 190 valence electrons. The Morgan fingerprint density at radius 3 is 2.31 bits per heavy atom. The van der Waals surface area contributed by atoms with Gasteiger partial charge in [0.15, 0.2) is 0 Å². The van der Waals surface area contributed by atoms with Gasteiger partial charge in [-0.3, -0.25) is 4.90 Å². The lowest BCUT2D eigenvalue weighted by molar-refractivity contribution is -0.147. The van der Waals surface area contributed by atoms with Crippen molar-refractivity contribution in [3.63, 3.8) is 0 Å². The van der Waals surface area contributed by atoms with E-state index >= 15 is 0 Å². The molecule has 2 aliphatic heterocycles. The first-order valence-corrected chi connectivity index (χ1v) is 12.7. The summed E-state index contributed by atoms with van der Waals surface area (Å²) in [5, 5.41) is 43.4. The Balaban J connectivity index is 1.22. The number of hydrogen-bond acceptors (Lipinski definition) is 8. The number of benzene rings is 2. The summed E-state index contributed by atoms with van der Waals surface area (Å²) in [6, 6.07) is 14.5. The third-order valence-electron chi connectivity index (χ3n) is 7.49. The largest absolute Gasteiger partial charge is 0.395 e. The van der Waals surface area contributed by atoms with Crippen LogP contribution in [0.3, 0.4) is 0 Å². The van der Waals surface area contributed by atoms with Gasteiger partial charge in [0, 0.05) is 44.1 Å². The molecule has 0 unspecified atom stereocenters. The number of ether oxygens (including phenoxy) is 1. The Kier molecular flexibility index (Phi) is 7.57. The van der Waals surface area contributed by atoms with Crippen LogP contribution in [0.5, 0.6) is 0 Å². The van der Waals surface area contributed by atoms with E-state index in [-0.39, 0.29) is 13.2 Å². The fourth-order valence-corrected chi connectivity index (χ4v) is 5.15. The SMILES string of the molecule is OC[C@@H]1[C@@H](O)[C@H](O)[C@@H](O)CN1Cc1ccc(CNc2cc(C3CC3)cc(N3CCOCC3)c2)cc1. The molecule has 1 saturated carbocycles. The summed E-state index contributed by atoms with van der Waals surface area (Å²) in [7, 11) is 0. The fourth-order valence-electron chi connectivity index (χ4n) is 5.15. The van der Waals surface area contributed by atoms with Gasteiger partial charge in [-0.25, -0.2) is 0 Å². The van der Waals surface area contributed by atoms with Crippen molar-refractivity contribution >= 4 is 11.4 Å². The van der Waals surface area contributed by atoms with E-state index in [9.17, 15) is 20.4 Å². The van der Waals surface area contributed by atoms with Crippen molar-refractivity contribution in [2.45, 2.75) is 56.2 Å². The molecule has 2 saturated heterocycles. The topological polar surface area (TPSA) is 109 Å². The Labute approximate surface area is 206 Å². The molecule has 2 aromatic carbocycles. The van der Waals surface area contributed by atoms with Gasteiger partial charge in [0.25, 0.3) is 0 Å². The van der Waals surface area contributed by atoms with Gasteiger partial charge >= 0.3 is 0 Å². The minimum atomic E-state index is -1.24. The molecule has 0 amide bonds. The highest BCUT2D eigenvalue weighted by Gasteiger charge is 2.40. The summed E-state index contributed by atoms with van der Waals surface area (Å²) in [4.78, 5) is 4.23. The van der Waals surface area contributed by atoms with Gasteiger partial charge in [-0.1, -0.05) is 24.3 Å². The molecule has 0 aromatic heterocycles. The molecule has 1 aliphatic carbocycles. The molecule has 4 atom stereocenters. The predicted molar refractivity (Wildman–Crippen MR) is 135 cm³/mol. The first-order chi connectivity index (χ1) is 17.0. The number of nitrogens with one attached hydrogen (secondary N) is 1. The highest BCUT2D eigenvalue weighted by atomic mass is 16.5. The zero-order valence-electron chi connectivity index (χ0n) is 20.1. The first kappa shape index (κ1) is 24.5. The fraction of sp³-hybridized carbons (Fsp3) is 0.556. The Morgan fingerprint density at radius 1 is 0.914 bits per heavy atom. The lowest BCUT2D eigenvalue weighted by atomic mass is 9.93. The van der Waals surface area contributed by atoms with E-state index in [0.717, 1.165) is 43.1 Å². The molecule has 3 fully saturated rings. The average Bonchev–Trinajstić information content (AvgIpc) is 3.73. The van der Waals surface area contributed by atoms with Gasteiger partial charge in [0.1, 0.15) is 12.2 Å². The molecule has 2 aromatic rings. The molecular weight excluding hydrogens is 446 g/mol. The highest BCUT2D eigenvalue weighted by molar-refractivity contribution is 5.62. The van der Waals surface area contributed by atoms with Crippen molar-refractivity contribution in [2.24, 2.45) is 0 Å². The Hall–Kier alpha value is -2.20. The van der Waals surface area contributed by atoms with Crippen LogP contribution < -0.4 is 10.2 Å². The summed E-state index contributed by atoms with van der Waals surface area (Å²) >= 11 is 0. The monoisotopic (exact) mass is 483 g/mol. The maximum absolute atomic E-state index is 10.2. The standard InChI is InChI=1S/C27H37N3O5/c31-17-24-26(33)27(34)25(32)16-30(24)15-19-3-1-18(2-4-19)14-28-22-11-21(20-5-6-20)12-23(13-22)29-7-9-35-10-8-29/h1-4,11-13,20,24-28,31-34H,5-10,14-17H2/t24-,25+,26-,27-/m1/s1. The highest BCUT2D eigenvalue weighted by Crippen LogP contribution is 2.42. The van der Waals surface area contributed by atoms with Crippen LogP contribution in [-0.4, -0.2) is 89.1 Å². The molecule has 3 aliphatic rings. The molecule has 0 bridgehead atoms. The molecule has 2 heterocycles. The van der Waals surface area contributed by atoms with E-state index in [4.69, 9.17) is 4.74 Å². The van der Waals surface area contributed by atoms with Crippen LogP contribution in [0, 0.1) is 0 Å². The van der Waals surface area contributed by atoms with Crippen LogP contribution >= 0.6 is 0 Å². The summed E-state index contributed by atoms with van der Waals surface area (Å²) in [6.07, 6.45) is -0.909. The second-order valence-electron chi connectivity index (χ2n) is 10.1. The number of morpholine rings is 1. The zero-order chi connectivity index (χ0) is 24.4. The van der Waals surface area contributed by atoms with Gasteiger partial charge in [0.2, 0.25) is 0 Å². The number of likely N-dealkylation sites (tertiary alicyclic amines) is 1. The van der Waals surface area contributed by atoms with Gasteiger partial charge in [-0.15, -0.1) is 0 Å². The second-order valence-corrected chi connectivity index (χ2v) is 10.1. The van der Waals surface area contributed by atoms with Crippen molar-refractivity contribution < 1.29 is 25.2 Å². The van der Waals surface area contributed by atoms with Crippen LogP contribution in [-0.2, 0) is 17.8 Å². The lowest BCUT2D eigenvalue weighted by Gasteiger charge is -2.43. The number of aliphatic hydroxyl groups excluding tert-OH is 4. The van der Waals surface area contributed by atoms with Gasteiger partial charge in [0.05, 0.1) is 32.0 Å². The minimum Gasteiger partial charge on any atom is -0.395 e. The van der Waals surface area contributed by atoms with Crippen LogP contribution in [0.2, 0.25) is 0 Å². The smallest absolute Gasteiger partial charge is 0.109 e. The van der Waals surface area contributed by atoms with E-state index < -0.39 is 24.4 Å². The number of aliphatic hydroxyl groups is 4. The van der Waals surface area contributed by atoms with Gasteiger partial charge in [-0.05, 0) is 53.6 Å². The normalized spacial score (nSPS) is 27.7. The molecule has 8 nitrogen and oxygen atoms in total. The molecule has 35 heavy (non-hydrogen) atoms. The summed E-state index contributed by atoms with van der Waals surface area (Å²) in [5.74, 6) is 0.687. The van der Waals surface area contributed by atoms with E-state index in [0.29, 0.717) is 19.0 Å². The molecular formula is C27H37N3O5. The number of hydrogen-bond donors (Lipinski definition) is 5. The minimum absolute atomic E-state index is 0.204. The van der Waals surface area contributed by atoms with Crippen LogP contribution in [0.4, 0.5) is 11.4 Å². The molecule has 8 heteroatoms. The number of nitrogens with zero attached hydrogens (tertiary/aromatic N) is 2. The maximum atomic E-state index is 10.2. The number of β-amino-alcohol motifs (C(OH)–C–C–N with tert-alkyl or cyclic N) is 1. The predicted octanol–water partition coefficient (Wildman–Crippen LogP) is 1.27. The second kappa shape index (κ2) is 10.8. The van der Waals surface area contributed by atoms with Crippen molar-refractivity contribution in [3.05, 3.63) is 59.2 Å². The molecule has 5 rings (SSSR count). The third kappa shape index (κ3) is 5.80. The van der Waals surface area contributed by atoms with E-state index in [1.807, 2.05) is 17.0 Å². The number of anilines is 2. The quantitative estimate of drug-likeness (QED) is 0.382. The zero-order valence-corrected chi connectivity index (χ0v) is 20.1. The summed E-state index contributed by atoms with van der Waals surface area (Å²) in [6.45, 7) is 4.52. The van der Waals surface area contributed by atoms with Crippen molar-refractivity contribution in [1.82, 2.24) is 4.90 Å². The summed E-state index contributed by atoms with van der Waals surface area (Å²) in [5.41, 5.74) is 6.01. The summed E-state index contributed by atoms with van der Waals surface area (Å²) < 4.78 is 5.52. The Morgan fingerprint density at radius 2 is 1.63 bits per heavy atom. The van der Waals surface area contributed by atoms with Crippen LogP contribution in [0.1, 0.15) is 35.4 Å². The first-order valence-electron chi connectivity index (χ1n) is 12.7. The molecule has 0 radical (unpaired) electrons. The van der Waals surface area contributed by atoms with E-state index in [1.165, 1.54) is 24.1 Å². The number of piperidine rings is 1. The van der Waals surface area contributed by atoms with Crippen LogP contribution in [0.25, 0.3) is 0 Å². The Bertz CT molecular complexity index is 977. The maximum Gasteiger partial charge on any atom is 0.109 e. The van der Waals surface area contributed by atoms with Crippen molar-refractivity contribution in [3.8, 4) is 0 Å². The van der Waals surface area contributed by atoms with Crippen LogP contribution in [0.15, 0.2) is 42.5 Å². The van der Waals surface area contributed by atoms with Gasteiger partial charge in [-0.2, -0.15) is 0 Å². The average molecular weight is 484 g/mol. The third-order valence-corrected chi connectivity index (χ3v) is 7.49. The van der Waals surface area contributed by atoms with E-state index in [2.05, 4.69) is 40.5 Å². The molecule has 0 spiro atoms.